The molecule has 1 aromatic rings. The number of benzene rings is 1. The number of halogens is 3. The molecule has 4 rings (SSSR count). The van der Waals surface area contributed by atoms with Gasteiger partial charge in [-0.3, -0.25) is 24.2 Å². The lowest BCUT2D eigenvalue weighted by Crippen LogP contribution is -2.51. The van der Waals surface area contributed by atoms with Gasteiger partial charge in [0.15, 0.2) is 5.78 Å². The maximum absolute atomic E-state index is 14.7. The zero-order chi connectivity index (χ0) is 23.5. The standard InChI is InChI=1S/C24H30FN3O4S.2ClH/c25-19-4-2-1-3-18(19)23(24(32)16-5-6-16)28-10-8-20(33)17(13-28)7-9-26-11-12-27(15-22(30)31)21(29)14-26;;/h1-4,7,16,20,23,33H,5-6,8-15H2,(H,30,31);2*1H/b17-7-;;. The van der Waals surface area contributed by atoms with Crippen molar-refractivity contribution in [3.05, 3.63) is 47.3 Å². The summed E-state index contributed by atoms with van der Waals surface area (Å²) in [5, 5.41) is 8.96. The number of carboxylic acids is 1. The maximum atomic E-state index is 14.7. The summed E-state index contributed by atoms with van der Waals surface area (Å²) in [6.45, 7) is 2.63. The molecule has 0 radical (unpaired) electrons. The lowest BCUT2D eigenvalue weighted by Gasteiger charge is -2.38. The molecule has 1 amide bonds. The van der Waals surface area contributed by atoms with Crippen molar-refractivity contribution in [1.29, 1.82) is 0 Å². The lowest BCUT2D eigenvalue weighted by atomic mass is 9.93. The largest absolute Gasteiger partial charge is 0.480 e. The van der Waals surface area contributed by atoms with Crippen LogP contribution in [0.4, 0.5) is 4.39 Å². The molecular formula is C24H32Cl2FN3O4S. The Morgan fingerprint density at radius 2 is 1.83 bits per heavy atom. The van der Waals surface area contributed by atoms with Crippen molar-refractivity contribution >= 4 is 55.1 Å². The number of Topliss-reactive ketones (excluding diaryl/α,β-unsaturated/α-hetero) is 1. The third-order valence-corrected chi connectivity index (χ3v) is 7.24. The third kappa shape index (κ3) is 7.43. The molecule has 1 aromatic carbocycles. The van der Waals surface area contributed by atoms with Gasteiger partial charge in [-0.2, -0.15) is 12.6 Å². The average Bonchev–Trinajstić information content (AvgIpc) is 3.62. The normalized spacial score (nSPS) is 23.4. The van der Waals surface area contributed by atoms with Gasteiger partial charge < -0.3 is 10.0 Å². The molecule has 1 saturated carbocycles. The zero-order valence-electron chi connectivity index (χ0n) is 19.3. The molecule has 0 bridgehead atoms. The maximum Gasteiger partial charge on any atom is 0.323 e. The minimum atomic E-state index is -1.01. The summed E-state index contributed by atoms with van der Waals surface area (Å²) in [4.78, 5) is 41.7. The number of piperidine rings is 1. The number of carbonyl (C=O) groups excluding carboxylic acids is 2. The fourth-order valence-electron chi connectivity index (χ4n) is 4.62. The highest BCUT2D eigenvalue weighted by Gasteiger charge is 2.40. The number of rotatable bonds is 8. The summed E-state index contributed by atoms with van der Waals surface area (Å²) < 4.78 is 14.7. The van der Waals surface area contributed by atoms with E-state index in [1.165, 1.54) is 11.0 Å². The fraction of sp³-hybridized carbons (Fsp3) is 0.542. The summed E-state index contributed by atoms with van der Waals surface area (Å²) >= 11 is 4.73. The second-order valence-corrected chi connectivity index (χ2v) is 9.72. The summed E-state index contributed by atoms with van der Waals surface area (Å²) in [7, 11) is 0. The van der Waals surface area contributed by atoms with Crippen molar-refractivity contribution in [3.8, 4) is 0 Å². The predicted molar refractivity (Wildman–Crippen MR) is 139 cm³/mol. The number of thiol groups is 1. The number of carbonyl (C=O) groups is 3. The van der Waals surface area contributed by atoms with Crippen molar-refractivity contribution < 1.29 is 23.9 Å². The van der Waals surface area contributed by atoms with Gasteiger partial charge in [0.25, 0.3) is 0 Å². The predicted octanol–water partition coefficient (Wildman–Crippen LogP) is 2.85. The van der Waals surface area contributed by atoms with E-state index in [1.54, 1.807) is 18.2 Å². The van der Waals surface area contributed by atoms with E-state index in [1.807, 2.05) is 4.90 Å². The minimum Gasteiger partial charge on any atom is -0.480 e. The van der Waals surface area contributed by atoms with Crippen LogP contribution in [0.2, 0.25) is 0 Å². The lowest BCUT2D eigenvalue weighted by molar-refractivity contribution is -0.146. The van der Waals surface area contributed by atoms with Crippen LogP contribution >= 0.6 is 37.4 Å². The molecule has 11 heteroatoms. The van der Waals surface area contributed by atoms with E-state index in [0.29, 0.717) is 38.3 Å². The van der Waals surface area contributed by atoms with Crippen LogP contribution in [-0.2, 0) is 14.4 Å². The van der Waals surface area contributed by atoms with Crippen LogP contribution < -0.4 is 0 Å². The molecule has 2 unspecified atom stereocenters. The first-order valence-electron chi connectivity index (χ1n) is 11.4. The Hall–Kier alpha value is -1.65. The highest BCUT2D eigenvalue weighted by atomic mass is 35.5. The first-order chi connectivity index (χ1) is 15.8. The molecule has 0 aromatic heterocycles. The number of likely N-dealkylation sites (tertiary alicyclic amines) is 1. The molecule has 35 heavy (non-hydrogen) atoms. The van der Waals surface area contributed by atoms with Gasteiger partial charge in [0.05, 0.1) is 12.6 Å². The van der Waals surface area contributed by atoms with Crippen LogP contribution in [0.5, 0.6) is 0 Å². The summed E-state index contributed by atoms with van der Waals surface area (Å²) in [6.07, 6.45) is 4.56. The molecule has 3 fully saturated rings. The van der Waals surface area contributed by atoms with Crippen molar-refractivity contribution in [2.45, 2.75) is 30.6 Å². The molecular weight excluding hydrogens is 516 g/mol. The Morgan fingerprint density at radius 3 is 2.46 bits per heavy atom. The van der Waals surface area contributed by atoms with Crippen molar-refractivity contribution in [2.75, 3.05) is 45.8 Å². The Labute approximate surface area is 222 Å². The van der Waals surface area contributed by atoms with Gasteiger partial charge in [0, 0.05) is 49.5 Å². The number of hydrogen-bond donors (Lipinski definition) is 2. The molecule has 2 saturated heterocycles. The first kappa shape index (κ1) is 29.6. The molecule has 7 nitrogen and oxygen atoms in total. The second-order valence-electron chi connectivity index (χ2n) is 9.10. The molecule has 2 heterocycles. The zero-order valence-corrected chi connectivity index (χ0v) is 21.9. The Kier molecular flexibility index (Phi) is 11.0. The highest BCUT2D eigenvalue weighted by Crippen LogP contribution is 2.39. The minimum absolute atomic E-state index is 0. The van der Waals surface area contributed by atoms with Crippen LogP contribution in [-0.4, -0.2) is 88.5 Å². The number of hydrogen-bond acceptors (Lipinski definition) is 6. The van der Waals surface area contributed by atoms with E-state index in [4.69, 9.17) is 17.7 Å². The summed E-state index contributed by atoms with van der Waals surface area (Å²) in [6, 6.07) is 5.93. The molecule has 0 spiro atoms. The second kappa shape index (κ2) is 13.1. The summed E-state index contributed by atoms with van der Waals surface area (Å²) in [5.74, 6) is -1.44. The quantitative estimate of drug-likeness (QED) is 0.384. The molecule has 1 N–H and O–H groups in total. The van der Waals surface area contributed by atoms with Crippen molar-refractivity contribution in [2.24, 2.45) is 5.92 Å². The Bertz CT molecular complexity index is 962. The van der Waals surface area contributed by atoms with E-state index < -0.39 is 12.0 Å². The summed E-state index contributed by atoms with van der Waals surface area (Å²) in [5.41, 5.74) is 1.50. The molecule has 2 atom stereocenters. The number of carboxylic acid groups (broad SMARTS) is 1. The monoisotopic (exact) mass is 547 g/mol. The number of ketones is 1. The van der Waals surface area contributed by atoms with E-state index in [0.717, 1.165) is 24.8 Å². The van der Waals surface area contributed by atoms with Gasteiger partial charge in [0.1, 0.15) is 12.4 Å². The molecule has 2 aliphatic heterocycles. The van der Waals surface area contributed by atoms with Gasteiger partial charge in [-0.1, -0.05) is 24.3 Å². The Balaban J connectivity index is 0.00000216. The molecule has 194 valence electrons. The number of amides is 1. The van der Waals surface area contributed by atoms with E-state index in [2.05, 4.69) is 11.0 Å². The van der Waals surface area contributed by atoms with E-state index in [9.17, 15) is 18.8 Å². The van der Waals surface area contributed by atoms with E-state index >= 15 is 0 Å². The SMILES string of the molecule is Cl.Cl.O=C(O)CN1CCN(C/C=C2/CN(C(C(=O)C3CC3)c3ccccc3F)CCC2S)CC1=O. The van der Waals surface area contributed by atoms with Crippen LogP contribution in [0.15, 0.2) is 35.9 Å². The number of nitrogens with zero attached hydrogens (tertiary/aromatic N) is 3. The smallest absolute Gasteiger partial charge is 0.323 e. The van der Waals surface area contributed by atoms with E-state index in [-0.39, 0.29) is 66.6 Å². The van der Waals surface area contributed by atoms with Gasteiger partial charge in [-0.05, 0) is 30.9 Å². The number of aliphatic carboxylic acids is 1. The highest BCUT2D eigenvalue weighted by molar-refractivity contribution is 7.81. The van der Waals surface area contributed by atoms with Crippen LogP contribution in [0.3, 0.4) is 0 Å². The topological polar surface area (TPSA) is 81.2 Å². The van der Waals surface area contributed by atoms with Crippen molar-refractivity contribution in [1.82, 2.24) is 14.7 Å². The van der Waals surface area contributed by atoms with Gasteiger partial charge in [-0.25, -0.2) is 4.39 Å². The number of piperazine rings is 1. The molecule has 1 aliphatic carbocycles. The van der Waals surface area contributed by atoms with Gasteiger partial charge in [-0.15, -0.1) is 24.8 Å². The Morgan fingerprint density at radius 1 is 1.11 bits per heavy atom. The average molecular weight is 549 g/mol. The van der Waals surface area contributed by atoms with Crippen molar-refractivity contribution in [3.63, 3.8) is 0 Å². The van der Waals surface area contributed by atoms with Gasteiger partial charge in [0.2, 0.25) is 5.91 Å². The molecule has 3 aliphatic rings. The van der Waals surface area contributed by atoms with Crippen LogP contribution in [0.1, 0.15) is 30.9 Å². The third-order valence-electron chi connectivity index (χ3n) is 6.65. The van der Waals surface area contributed by atoms with Gasteiger partial charge >= 0.3 is 5.97 Å². The van der Waals surface area contributed by atoms with Crippen LogP contribution in [0, 0.1) is 11.7 Å². The van der Waals surface area contributed by atoms with Crippen LogP contribution in [0.25, 0.3) is 0 Å². The fourth-order valence-corrected chi connectivity index (χ4v) is 4.92. The first-order valence-corrected chi connectivity index (χ1v) is 12.0.